The molecule has 2 N–H and O–H groups in total. The summed E-state index contributed by atoms with van der Waals surface area (Å²) in [5.41, 5.74) is 1.87. The second-order valence-electron chi connectivity index (χ2n) is 5.42. The molecule has 8 heteroatoms. The van der Waals surface area contributed by atoms with E-state index in [0.29, 0.717) is 4.73 Å². The van der Waals surface area contributed by atoms with E-state index in [0.717, 1.165) is 21.0 Å². The summed E-state index contributed by atoms with van der Waals surface area (Å²) in [6, 6.07) is 13.9. The van der Waals surface area contributed by atoms with Gasteiger partial charge in [0.15, 0.2) is 0 Å². The third-order valence-electron chi connectivity index (χ3n) is 3.45. The van der Waals surface area contributed by atoms with Crippen LogP contribution in [0, 0.1) is 6.92 Å². The fourth-order valence-corrected chi connectivity index (χ4v) is 4.30. The van der Waals surface area contributed by atoms with Crippen molar-refractivity contribution in [1.82, 2.24) is 9.71 Å². The molecule has 0 spiro atoms. The normalized spacial score (nSPS) is 10.7. The molecular formula is C18H16N2O4S2. The molecule has 1 aromatic carbocycles. The minimum Gasteiger partial charge on any atom is -0.492 e. The van der Waals surface area contributed by atoms with Gasteiger partial charge < -0.3 is 15.1 Å². The van der Waals surface area contributed by atoms with Crippen LogP contribution in [0.15, 0.2) is 64.6 Å². The highest BCUT2D eigenvalue weighted by atomic mass is 33.1. The smallest absolute Gasteiger partial charge is 0.337 e. The van der Waals surface area contributed by atoms with Gasteiger partial charge in [-0.1, -0.05) is 29.0 Å². The Balaban J connectivity index is 1.66. The average molecular weight is 388 g/mol. The zero-order valence-corrected chi connectivity index (χ0v) is 15.5. The Bertz CT molecular complexity index is 893. The lowest BCUT2D eigenvalue weighted by Crippen LogP contribution is -2.20. The van der Waals surface area contributed by atoms with Crippen molar-refractivity contribution in [2.45, 2.75) is 23.3 Å². The van der Waals surface area contributed by atoms with Crippen molar-refractivity contribution in [3.05, 3.63) is 65.9 Å². The van der Waals surface area contributed by atoms with E-state index in [1.807, 2.05) is 43.3 Å². The van der Waals surface area contributed by atoms with E-state index in [1.54, 1.807) is 27.8 Å². The molecule has 26 heavy (non-hydrogen) atoms. The van der Waals surface area contributed by atoms with Crippen molar-refractivity contribution in [1.29, 1.82) is 0 Å². The van der Waals surface area contributed by atoms with Gasteiger partial charge in [0.2, 0.25) is 11.8 Å². The number of pyridine rings is 1. The number of rotatable bonds is 6. The van der Waals surface area contributed by atoms with Crippen molar-refractivity contribution in [3.63, 3.8) is 0 Å². The van der Waals surface area contributed by atoms with Crippen molar-refractivity contribution < 1.29 is 19.8 Å². The number of hydrogen-bond donors (Lipinski definition) is 2. The molecule has 2 heterocycles. The van der Waals surface area contributed by atoms with Crippen LogP contribution in [0.4, 0.5) is 0 Å². The van der Waals surface area contributed by atoms with E-state index in [1.165, 1.54) is 12.1 Å². The molecule has 0 saturated heterocycles. The number of aromatic hydroxyl groups is 2. The number of nitrogens with zero attached hydrogens (tertiary/aromatic N) is 2. The Morgan fingerprint density at radius 3 is 2.58 bits per heavy atom. The number of carbonyl (C=O) groups is 1. The summed E-state index contributed by atoms with van der Waals surface area (Å²) in [4.78, 5) is 22.3. The zero-order valence-electron chi connectivity index (χ0n) is 13.8. The molecule has 0 saturated carbocycles. The molecule has 0 amide bonds. The Kier molecular flexibility index (Phi) is 5.75. The van der Waals surface area contributed by atoms with E-state index in [9.17, 15) is 15.0 Å². The molecule has 0 aliphatic heterocycles. The van der Waals surface area contributed by atoms with Crippen LogP contribution in [0.25, 0.3) is 0 Å². The minimum atomic E-state index is -0.594. The van der Waals surface area contributed by atoms with Gasteiger partial charge in [-0.25, -0.2) is 9.78 Å². The van der Waals surface area contributed by atoms with Gasteiger partial charge in [0.1, 0.15) is 5.03 Å². The van der Waals surface area contributed by atoms with Crippen molar-refractivity contribution in [3.8, 4) is 11.8 Å². The summed E-state index contributed by atoms with van der Waals surface area (Å²) in [7, 11) is 3.11. The largest absolute Gasteiger partial charge is 0.492 e. The lowest BCUT2D eigenvalue weighted by molar-refractivity contribution is -0.144. The van der Waals surface area contributed by atoms with E-state index >= 15 is 0 Å². The molecule has 3 aromatic rings. The monoisotopic (exact) mass is 388 g/mol. The van der Waals surface area contributed by atoms with Gasteiger partial charge in [-0.15, -0.1) is 4.73 Å². The Hall–Kier alpha value is -2.58. The SMILES string of the molecule is Cc1ccc(CC(=O)On2c(O)ccc2O)cc1SSc1ccccn1. The number of carbonyl (C=O) groups excluding carboxylic acids is 1. The first-order valence-electron chi connectivity index (χ1n) is 7.69. The number of hydrogen-bond acceptors (Lipinski definition) is 7. The van der Waals surface area contributed by atoms with Gasteiger partial charge in [-0.2, -0.15) is 0 Å². The second kappa shape index (κ2) is 8.20. The maximum atomic E-state index is 12.1. The Morgan fingerprint density at radius 1 is 1.12 bits per heavy atom. The predicted octanol–water partition coefficient (Wildman–Crippen LogP) is 3.60. The molecule has 6 nitrogen and oxygen atoms in total. The van der Waals surface area contributed by atoms with E-state index in [4.69, 9.17) is 4.84 Å². The maximum absolute atomic E-state index is 12.1. The summed E-state index contributed by atoms with van der Waals surface area (Å²) in [5, 5.41) is 19.9. The van der Waals surface area contributed by atoms with Gasteiger partial charge in [-0.3, -0.25) is 0 Å². The van der Waals surface area contributed by atoms with Gasteiger partial charge >= 0.3 is 5.97 Å². The van der Waals surface area contributed by atoms with Crippen LogP contribution in [0.5, 0.6) is 11.8 Å². The zero-order chi connectivity index (χ0) is 18.5. The van der Waals surface area contributed by atoms with E-state index in [-0.39, 0.29) is 18.2 Å². The van der Waals surface area contributed by atoms with Crippen LogP contribution in [-0.2, 0) is 11.2 Å². The van der Waals surface area contributed by atoms with Gasteiger partial charge in [0, 0.05) is 23.2 Å². The molecule has 0 bridgehead atoms. The summed E-state index contributed by atoms with van der Waals surface area (Å²) >= 11 is 0. The van der Waals surface area contributed by atoms with Crippen LogP contribution in [-0.4, -0.2) is 25.9 Å². The lowest BCUT2D eigenvalue weighted by Gasteiger charge is -2.09. The first kappa shape index (κ1) is 18.2. The topological polar surface area (TPSA) is 84.6 Å². The first-order chi connectivity index (χ1) is 12.5. The highest BCUT2D eigenvalue weighted by Crippen LogP contribution is 2.38. The minimum absolute atomic E-state index is 0.0130. The summed E-state index contributed by atoms with van der Waals surface area (Å²) in [5.74, 6) is -1.28. The first-order valence-corrected chi connectivity index (χ1v) is 9.84. The quantitative estimate of drug-likeness (QED) is 0.624. The van der Waals surface area contributed by atoms with Crippen molar-refractivity contribution >= 4 is 27.6 Å². The molecule has 0 aliphatic rings. The number of aromatic nitrogens is 2. The van der Waals surface area contributed by atoms with Crippen molar-refractivity contribution in [2.24, 2.45) is 0 Å². The third kappa shape index (κ3) is 4.53. The molecule has 0 unspecified atom stereocenters. The van der Waals surface area contributed by atoms with Crippen molar-refractivity contribution in [2.75, 3.05) is 0 Å². The van der Waals surface area contributed by atoms with Gasteiger partial charge in [-0.05, 0) is 47.0 Å². The lowest BCUT2D eigenvalue weighted by atomic mass is 10.1. The second-order valence-corrected chi connectivity index (χ2v) is 7.61. The van der Waals surface area contributed by atoms with Crippen LogP contribution in [0.1, 0.15) is 11.1 Å². The van der Waals surface area contributed by atoms with Crippen LogP contribution in [0.3, 0.4) is 0 Å². The van der Waals surface area contributed by atoms with Crippen LogP contribution < -0.4 is 4.84 Å². The Labute approximate surface area is 158 Å². The number of aryl methyl sites for hydroxylation is 1. The number of benzene rings is 1. The molecule has 0 atom stereocenters. The third-order valence-corrected chi connectivity index (χ3v) is 5.86. The van der Waals surface area contributed by atoms with E-state index in [2.05, 4.69) is 4.98 Å². The molecule has 0 aliphatic carbocycles. The summed E-state index contributed by atoms with van der Waals surface area (Å²) in [6.07, 6.45) is 1.76. The Morgan fingerprint density at radius 2 is 1.88 bits per heavy atom. The average Bonchev–Trinajstić information content (AvgIpc) is 2.95. The molecule has 2 aromatic heterocycles. The fourth-order valence-electron chi connectivity index (χ4n) is 2.12. The summed E-state index contributed by atoms with van der Waals surface area (Å²) in [6.45, 7) is 2.00. The highest BCUT2D eigenvalue weighted by molar-refractivity contribution is 8.76. The fraction of sp³-hybridized carbons (Fsp3) is 0.111. The molecule has 134 valence electrons. The molecule has 0 radical (unpaired) electrons. The predicted molar refractivity (Wildman–Crippen MR) is 100 cm³/mol. The van der Waals surface area contributed by atoms with Crippen LogP contribution >= 0.6 is 21.6 Å². The molecular weight excluding hydrogens is 372 g/mol. The standard InChI is InChI=1S/C18H16N2O4S2/c1-12-5-6-13(10-14(12)25-26-15-4-2-3-9-19-15)11-18(23)24-20-16(21)7-8-17(20)22/h2-10,21-22H,11H2,1H3. The maximum Gasteiger partial charge on any atom is 0.337 e. The van der Waals surface area contributed by atoms with Crippen LogP contribution in [0.2, 0.25) is 0 Å². The highest BCUT2D eigenvalue weighted by Gasteiger charge is 2.13. The van der Waals surface area contributed by atoms with E-state index < -0.39 is 5.97 Å². The molecule has 0 fully saturated rings. The van der Waals surface area contributed by atoms with Gasteiger partial charge in [0.05, 0.1) is 6.42 Å². The summed E-state index contributed by atoms with van der Waals surface area (Å²) < 4.78 is 0.684. The molecule has 3 rings (SSSR count). The van der Waals surface area contributed by atoms with Gasteiger partial charge in [0.25, 0.3) is 0 Å².